The maximum atomic E-state index is 10.6. The summed E-state index contributed by atoms with van der Waals surface area (Å²) in [5.74, 6) is 1.12. The van der Waals surface area contributed by atoms with Crippen LogP contribution >= 0.6 is 0 Å². The summed E-state index contributed by atoms with van der Waals surface area (Å²) in [5, 5.41) is 19.5. The van der Waals surface area contributed by atoms with Crippen molar-refractivity contribution in [2.24, 2.45) is 23.7 Å². The third-order valence-electron chi connectivity index (χ3n) is 5.05. The van der Waals surface area contributed by atoms with Crippen LogP contribution in [-0.4, -0.2) is 22.4 Å². The molecule has 4 aliphatic carbocycles. The van der Waals surface area contributed by atoms with Gasteiger partial charge in [0.2, 0.25) is 0 Å². The summed E-state index contributed by atoms with van der Waals surface area (Å²) in [6.07, 6.45) is 4.00. The Morgan fingerprint density at radius 3 is 2.21 bits per heavy atom. The molecule has 8 nitrogen and oxygen atoms in total. The SMILES string of the molecule is O=[N+]([O-])OCC1[C@@H]2CC3C[C@H]1CC(O[N+](=O)[O-])(C3)C2. The van der Waals surface area contributed by atoms with Gasteiger partial charge in [-0.05, 0) is 55.8 Å². The van der Waals surface area contributed by atoms with Gasteiger partial charge in [-0.1, -0.05) is 0 Å². The standard InChI is InChI=1S/C11H16N2O6/c14-12(15)18-6-10-8-1-7-2-9(10)5-11(3-7,4-8)19-13(16)17/h7-10H,1-6H2/t7?,8-,9+,10?,11?. The zero-order chi connectivity index (χ0) is 13.6. The molecule has 0 aromatic rings. The van der Waals surface area contributed by atoms with E-state index in [2.05, 4.69) is 4.84 Å². The fourth-order valence-electron chi connectivity index (χ4n) is 4.74. The van der Waals surface area contributed by atoms with E-state index in [1.54, 1.807) is 0 Å². The number of nitrogens with zero attached hydrogens (tertiary/aromatic N) is 2. The third kappa shape index (κ3) is 2.19. The molecule has 0 radical (unpaired) electrons. The van der Waals surface area contributed by atoms with Crippen LogP contribution in [-0.2, 0) is 9.68 Å². The van der Waals surface area contributed by atoms with Crippen molar-refractivity contribution in [2.75, 3.05) is 6.61 Å². The zero-order valence-electron chi connectivity index (χ0n) is 10.4. The van der Waals surface area contributed by atoms with E-state index in [4.69, 9.17) is 4.84 Å². The summed E-state index contributed by atoms with van der Waals surface area (Å²) in [7, 11) is 0. The molecule has 0 aliphatic heterocycles. The lowest BCUT2D eigenvalue weighted by atomic mass is 9.50. The van der Waals surface area contributed by atoms with Gasteiger partial charge in [0.15, 0.2) is 0 Å². The molecule has 4 rings (SSSR count). The molecule has 5 atom stereocenters. The quantitative estimate of drug-likeness (QED) is 0.556. The molecule has 0 aromatic carbocycles. The highest BCUT2D eigenvalue weighted by molar-refractivity contribution is 5.05. The monoisotopic (exact) mass is 272 g/mol. The molecule has 106 valence electrons. The van der Waals surface area contributed by atoms with Gasteiger partial charge in [0.05, 0.1) is 6.61 Å². The molecule has 0 aromatic heterocycles. The van der Waals surface area contributed by atoms with E-state index < -0.39 is 15.8 Å². The van der Waals surface area contributed by atoms with Gasteiger partial charge in [0.25, 0.3) is 10.2 Å². The van der Waals surface area contributed by atoms with Gasteiger partial charge in [0, 0.05) is 0 Å². The fourth-order valence-corrected chi connectivity index (χ4v) is 4.74. The van der Waals surface area contributed by atoms with Gasteiger partial charge >= 0.3 is 0 Å². The van der Waals surface area contributed by atoms with Crippen molar-refractivity contribution in [3.05, 3.63) is 20.2 Å². The summed E-state index contributed by atoms with van der Waals surface area (Å²) in [4.78, 5) is 30.5. The minimum atomic E-state index is -0.756. The summed E-state index contributed by atoms with van der Waals surface area (Å²) < 4.78 is 0. The second-order valence-corrected chi connectivity index (χ2v) is 6.15. The van der Waals surface area contributed by atoms with E-state index in [9.17, 15) is 20.2 Å². The highest BCUT2D eigenvalue weighted by Crippen LogP contribution is 2.59. The number of rotatable bonds is 5. The molecule has 8 heteroatoms. The normalized spacial score (nSPS) is 42.9. The molecular formula is C11H16N2O6. The van der Waals surface area contributed by atoms with Crippen LogP contribution in [0.1, 0.15) is 32.1 Å². The van der Waals surface area contributed by atoms with Gasteiger partial charge < -0.3 is 9.68 Å². The van der Waals surface area contributed by atoms with Crippen LogP contribution in [0.5, 0.6) is 0 Å². The molecule has 4 fully saturated rings. The predicted octanol–water partition coefficient (Wildman–Crippen LogP) is 1.60. The van der Waals surface area contributed by atoms with Gasteiger partial charge in [-0.3, -0.25) is 0 Å². The first kappa shape index (κ1) is 12.4. The van der Waals surface area contributed by atoms with Crippen molar-refractivity contribution in [1.82, 2.24) is 0 Å². The smallest absolute Gasteiger partial charge is 0.295 e. The van der Waals surface area contributed by atoms with E-state index in [-0.39, 0.29) is 24.4 Å². The Labute approximate surface area is 109 Å². The Morgan fingerprint density at radius 2 is 1.68 bits per heavy atom. The molecule has 4 bridgehead atoms. The lowest BCUT2D eigenvalue weighted by Crippen LogP contribution is -2.57. The maximum Gasteiger partial charge on any atom is 0.295 e. The van der Waals surface area contributed by atoms with Crippen LogP contribution in [0.15, 0.2) is 0 Å². The summed E-state index contributed by atoms with van der Waals surface area (Å²) >= 11 is 0. The van der Waals surface area contributed by atoms with Gasteiger partial charge in [-0.15, -0.1) is 20.2 Å². The van der Waals surface area contributed by atoms with Crippen LogP contribution in [0.3, 0.4) is 0 Å². The van der Waals surface area contributed by atoms with Crippen LogP contribution in [0, 0.1) is 43.9 Å². The molecule has 0 spiro atoms. The fraction of sp³-hybridized carbons (Fsp3) is 1.00. The Kier molecular flexibility index (Phi) is 2.75. The highest BCUT2D eigenvalue weighted by atomic mass is 17.0. The van der Waals surface area contributed by atoms with Crippen LogP contribution < -0.4 is 0 Å². The first-order valence-corrected chi connectivity index (χ1v) is 6.58. The van der Waals surface area contributed by atoms with E-state index in [1.807, 2.05) is 0 Å². The average Bonchev–Trinajstić information content (AvgIpc) is 2.24. The number of hydrogen-bond donors (Lipinski definition) is 0. The molecule has 4 saturated carbocycles. The molecule has 0 N–H and O–H groups in total. The molecular weight excluding hydrogens is 256 g/mol. The van der Waals surface area contributed by atoms with E-state index in [0.29, 0.717) is 18.8 Å². The first-order chi connectivity index (χ1) is 8.97. The average molecular weight is 272 g/mol. The van der Waals surface area contributed by atoms with Gasteiger partial charge in [-0.25, -0.2) is 0 Å². The second-order valence-electron chi connectivity index (χ2n) is 6.15. The molecule has 3 unspecified atom stereocenters. The molecule has 0 heterocycles. The molecule has 19 heavy (non-hydrogen) atoms. The van der Waals surface area contributed by atoms with Gasteiger partial charge in [-0.2, -0.15) is 0 Å². The summed E-state index contributed by atoms with van der Waals surface area (Å²) in [6, 6.07) is 0. The Bertz CT molecular complexity index is 398. The van der Waals surface area contributed by atoms with Crippen molar-refractivity contribution < 1.29 is 19.8 Å². The Morgan fingerprint density at radius 1 is 1.05 bits per heavy atom. The molecule has 0 amide bonds. The zero-order valence-corrected chi connectivity index (χ0v) is 10.4. The lowest BCUT2D eigenvalue weighted by Gasteiger charge is -2.58. The summed E-state index contributed by atoms with van der Waals surface area (Å²) in [5.41, 5.74) is -0.634. The highest BCUT2D eigenvalue weighted by Gasteiger charge is 2.57. The van der Waals surface area contributed by atoms with E-state index in [1.165, 1.54) is 0 Å². The topological polar surface area (TPSA) is 105 Å². The van der Waals surface area contributed by atoms with E-state index in [0.717, 1.165) is 19.3 Å². The lowest BCUT2D eigenvalue weighted by molar-refractivity contribution is -0.786. The Balaban J connectivity index is 1.72. The largest absolute Gasteiger partial charge is 0.314 e. The predicted molar refractivity (Wildman–Crippen MR) is 60.8 cm³/mol. The van der Waals surface area contributed by atoms with Crippen molar-refractivity contribution >= 4 is 0 Å². The van der Waals surface area contributed by atoms with Crippen molar-refractivity contribution in [3.8, 4) is 0 Å². The van der Waals surface area contributed by atoms with Crippen molar-refractivity contribution in [1.29, 1.82) is 0 Å². The van der Waals surface area contributed by atoms with Crippen LogP contribution in [0.4, 0.5) is 0 Å². The van der Waals surface area contributed by atoms with Crippen LogP contribution in [0.25, 0.3) is 0 Å². The molecule has 0 saturated heterocycles. The van der Waals surface area contributed by atoms with E-state index >= 15 is 0 Å². The summed E-state index contributed by atoms with van der Waals surface area (Å²) in [6.45, 7) is 0.115. The minimum absolute atomic E-state index is 0.115. The first-order valence-electron chi connectivity index (χ1n) is 6.58. The third-order valence-corrected chi connectivity index (χ3v) is 5.05. The van der Waals surface area contributed by atoms with Crippen molar-refractivity contribution in [2.45, 2.75) is 37.7 Å². The minimum Gasteiger partial charge on any atom is -0.314 e. The van der Waals surface area contributed by atoms with Crippen LogP contribution in [0.2, 0.25) is 0 Å². The Hall–Kier alpha value is -1.60. The van der Waals surface area contributed by atoms with Crippen molar-refractivity contribution in [3.63, 3.8) is 0 Å². The van der Waals surface area contributed by atoms with Gasteiger partial charge in [0.1, 0.15) is 5.60 Å². The second kappa shape index (κ2) is 4.21. The number of hydrogen-bond acceptors (Lipinski definition) is 6. The molecule has 4 aliphatic rings. The maximum absolute atomic E-state index is 10.6.